The number of ether oxygens (including phenoxy) is 3. The van der Waals surface area contributed by atoms with Crippen LogP contribution in [0.5, 0.6) is 11.5 Å². The molecule has 0 radical (unpaired) electrons. The standard InChI is InChI=1S/C22H26O4/c1-4-5-6-7-15-11-18-20(21-19(15)22(23)25-12-24-21)17-10-13(2)8-9-16(17)14(3)26-18/h10-11,16-17H,3-9,12H2,1-2H3/t16-,17+/m0/s1. The third-order valence-electron chi connectivity index (χ3n) is 5.75. The van der Waals surface area contributed by atoms with E-state index >= 15 is 0 Å². The largest absolute Gasteiger partial charge is 0.462 e. The Hall–Kier alpha value is -2.23. The fourth-order valence-electron chi connectivity index (χ4n) is 4.38. The van der Waals surface area contributed by atoms with E-state index in [1.807, 2.05) is 6.07 Å². The van der Waals surface area contributed by atoms with Crippen LogP contribution in [0.15, 0.2) is 30.1 Å². The van der Waals surface area contributed by atoms with Crippen molar-refractivity contribution in [3.63, 3.8) is 0 Å². The quantitative estimate of drug-likeness (QED) is 0.420. The summed E-state index contributed by atoms with van der Waals surface area (Å²) >= 11 is 0. The van der Waals surface area contributed by atoms with Gasteiger partial charge in [0.05, 0.1) is 0 Å². The lowest BCUT2D eigenvalue weighted by Gasteiger charge is -2.38. The number of benzene rings is 1. The number of fused-ring (bicyclic) bond motifs is 5. The Kier molecular flexibility index (Phi) is 4.51. The first-order valence-electron chi connectivity index (χ1n) is 9.63. The molecule has 0 bridgehead atoms. The third kappa shape index (κ3) is 2.81. The Morgan fingerprint density at radius 2 is 2.12 bits per heavy atom. The molecule has 2 aliphatic heterocycles. The molecule has 4 heteroatoms. The van der Waals surface area contributed by atoms with Gasteiger partial charge in [0.15, 0.2) is 0 Å². The minimum absolute atomic E-state index is 0.0300. The molecule has 0 saturated carbocycles. The molecule has 1 aliphatic carbocycles. The van der Waals surface area contributed by atoms with Crippen LogP contribution in [0, 0.1) is 5.92 Å². The normalized spacial score (nSPS) is 23.7. The van der Waals surface area contributed by atoms with Crippen molar-refractivity contribution in [2.75, 3.05) is 6.79 Å². The second-order valence-corrected chi connectivity index (χ2v) is 7.56. The molecule has 1 aromatic rings. The first-order valence-corrected chi connectivity index (χ1v) is 9.63. The number of allylic oxidation sites excluding steroid dienone is 3. The van der Waals surface area contributed by atoms with Gasteiger partial charge in [-0.3, -0.25) is 0 Å². The van der Waals surface area contributed by atoms with Crippen molar-refractivity contribution in [2.45, 2.75) is 58.3 Å². The highest BCUT2D eigenvalue weighted by Crippen LogP contribution is 2.53. The number of rotatable bonds is 4. The highest BCUT2D eigenvalue weighted by atomic mass is 16.7. The van der Waals surface area contributed by atoms with E-state index in [2.05, 4.69) is 26.5 Å². The molecule has 3 aliphatic rings. The summed E-state index contributed by atoms with van der Waals surface area (Å²) in [4.78, 5) is 12.5. The van der Waals surface area contributed by atoms with E-state index in [1.54, 1.807) is 0 Å². The summed E-state index contributed by atoms with van der Waals surface area (Å²) in [5.41, 5.74) is 3.91. The van der Waals surface area contributed by atoms with E-state index in [1.165, 1.54) is 5.57 Å². The Morgan fingerprint density at radius 1 is 1.27 bits per heavy atom. The molecule has 0 spiro atoms. The predicted octanol–water partition coefficient (Wildman–Crippen LogP) is 5.27. The number of aryl methyl sites for hydroxylation is 1. The van der Waals surface area contributed by atoms with Gasteiger partial charge in [-0.05, 0) is 44.2 Å². The fourth-order valence-corrected chi connectivity index (χ4v) is 4.38. The van der Waals surface area contributed by atoms with Gasteiger partial charge in [-0.1, -0.05) is 38.0 Å². The molecule has 0 aromatic heterocycles. The van der Waals surface area contributed by atoms with Crippen LogP contribution in [0.25, 0.3) is 0 Å². The topological polar surface area (TPSA) is 44.8 Å². The SMILES string of the molecule is C=C1Oc2cc(CCCCC)c3c(c2[C@@H]2C=C(C)CC[C@@H]12)OCOC3=O. The van der Waals surface area contributed by atoms with Crippen LogP contribution in [0.1, 0.15) is 73.4 Å². The van der Waals surface area contributed by atoms with Crippen molar-refractivity contribution < 1.29 is 19.0 Å². The van der Waals surface area contributed by atoms with Gasteiger partial charge in [-0.15, -0.1) is 0 Å². The van der Waals surface area contributed by atoms with Gasteiger partial charge >= 0.3 is 5.97 Å². The van der Waals surface area contributed by atoms with Crippen molar-refractivity contribution in [2.24, 2.45) is 5.92 Å². The minimum atomic E-state index is -0.280. The maximum Gasteiger partial charge on any atom is 0.345 e. The Balaban J connectivity index is 1.86. The summed E-state index contributed by atoms with van der Waals surface area (Å²) < 4.78 is 17.2. The maximum atomic E-state index is 12.5. The van der Waals surface area contributed by atoms with E-state index in [4.69, 9.17) is 14.2 Å². The summed E-state index contributed by atoms with van der Waals surface area (Å²) in [6, 6.07) is 2.01. The average molecular weight is 354 g/mol. The number of cyclic esters (lactones) is 1. The zero-order valence-electron chi connectivity index (χ0n) is 15.6. The molecule has 4 rings (SSSR count). The van der Waals surface area contributed by atoms with Gasteiger partial charge in [-0.25, -0.2) is 4.79 Å². The van der Waals surface area contributed by atoms with Gasteiger partial charge in [0, 0.05) is 17.4 Å². The molecule has 26 heavy (non-hydrogen) atoms. The van der Waals surface area contributed by atoms with Crippen LogP contribution in [-0.4, -0.2) is 12.8 Å². The van der Waals surface area contributed by atoms with Crippen molar-refractivity contribution >= 4 is 5.97 Å². The van der Waals surface area contributed by atoms with Crippen LogP contribution >= 0.6 is 0 Å². The van der Waals surface area contributed by atoms with Crippen LogP contribution in [0.2, 0.25) is 0 Å². The molecule has 4 nitrogen and oxygen atoms in total. The van der Waals surface area contributed by atoms with Gasteiger partial charge in [0.2, 0.25) is 6.79 Å². The fraction of sp³-hybridized carbons (Fsp3) is 0.500. The molecule has 2 atom stereocenters. The Bertz CT molecular complexity index is 790. The molecule has 2 heterocycles. The minimum Gasteiger partial charge on any atom is -0.462 e. The van der Waals surface area contributed by atoms with Crippen LogP contribution in [0.3, 0.4) is 0 Å². The molecule has 0 amide bonds. The number of hydrogen-bond donors (Lipinski definition) is 0. The van der Waals surface area contributed by atoms with Crippen molar-refractivity contribution in [3.05, 3.63) is 46.7 Å². The van der Waals surface area contributed by atoms with E-state index in [0.29, 0.717) is 11.3 Å². The lowest BCUT2D eigenvalue weighted by Crippen LogP contribution is -2.29. The van der Waals surface area contributed by atoms with Gasteiger partial charge in [0.1, 0.15) is 22.8 Å². The number of carbonyl (C=O) groups excluding carboxylic acids is 1. The van der Waals surface area contributed by atoms with E-state index in [-0.39, 0.29) is 24.6 Å². The average Bonchev–Trinajstić information content (AvgIpc) is 2.61. The molecular weight excluding hydrogens is 328 g/mol. The Labute approximate surface area is 154 Å². The van der Waals surface area contributed by atoms with E-state index < -0.39 is 0 Å². The molecule has 0 fully saturated rings. The summed E-state index contributed by atoms with van der Waals surface area (Å²) in [5, 5.41) is 0. The maximum absolute atomic E-state index is 12.5. The smallest absolute Gasteiger partial charge is 0.345 e. The molecule has 0 unspecified atom stereocenters. The van der Waals surface area contributed by atoms with Crippen LogP contribution in [0.4, 0.5) is 0 Å². The highest BCUT2D eigenvalue weighted by molar-refractivity contribution is 5.96. The highest BCUT2D eigenvalue weighted by Gasteiger charge is 2.40. The second kappa shape index (κ2) is 6.82. The first kappa shape index (κ1) is 17.2. The molecule has 0 N–H and O–H groups in total. The molecule has 0 saturated heterocycles. The lowest BCUT2D eigenvalue weighted by atomic mass is 9.73. The summed E-state index contributed by atoms with van der Waals surface area (Å²) in [5.74, 6) is 2.40. The van der Waals surface area contributed by atoms with Crippen molar-refractivity contribution in [3.8, 4) is 11.5 Å². The zero-order valence-corrected chi connectivity index (χ0v) is 15.6. The van der Waals surface area contributed by atoms with Crippen LogP contribution < -0.4 is 9.47 Å². The number of carbonyl (C=O) groups is 1. The molecule has 1 aromatic carbocycles. The first-order chi connectivity index (χ1) is 12.6. The summed E-state index contributed by atoms with van der Waals surface area (Å²) in [6.07, 6.45) is 8.47. The number of hydrogen-bond acceptors (Lipinski definition) is 4. The molecular formula is C22H26O4. The van der Waals surface area contributed by atoms with E-state index in [0.717, 1.165) is 61.2 Å². The lowest BCUT2D eigenvalue weighted by molar-refractivity contribution is 0.00383. The monoisotopic (exact) mass is 354 g/mol. The number of esters is 1. The predicted molar refractivity (Wildman–Crippen MR) is 99.6 cm³/mol. The van der Waals surface area contributed by atoms with E-state index in [9.17, 15) is 4.79 Å². The summed E-state index contributed by atoms with van der Waals surface area (Å²) in [6.45, 7) is 8.47. The third-order valence-corrected chi connectivity index (χ3v) is 5.75. The number of unbranched alkanes of at least 4 members (excludes halogenated alkanes) is 2. The Morgan fingerprint density at radius 3 is 2.92 bits per heavy atom. The molecule has 138 valence electrons. The second-order valence-electron chi connectivity index (χ2n) is 7.56. The van der Waals surface area contributed by atoms with Gasteiger partial charge in [0.25, 0.3) is 0 Å². The van der Waals surface area contributed by atoms with Gasteiger partial charge < -0.3 is 14.2 Å². The van der Waals surface area contributed by atoms with Crippen molar-refractivity contribution in [1.82, 2.24) is 0 Å². The van der Waals surface area contributed by atoms with Gasteiger partial charge in [-0.2, -0.15) is 0 Å². The summed E-state index contributed by atoms with van der Waals surface area (Å²) in [7, 11) is 0. The van der Waals surface area contributed by atoms with Crippen molar-refractivity contribution in [1.29, 1.82) is 0 Å². The zero-order chi connectivity index (χ0) is 18.3. The van der Waals surface area contributed by atoms with Crippen LogP contribution in [-0.2, 0) is 11.2 Å².